The summed E-state index contributed by atoms with van der Waals surface area (Å²) in [7, 11) is 0. The van der Waals surface area contributed by atoms with Gasteiger partial charge in [-0.15, -0.1) is 0 Å². The zero-order valence-electron chi connectivity index (χ0n) is 7.51. The van der Waals surface area contributed by atoms with Crippen LogP contribution in [0.15, 0.2) is 30.3 Å². The number of hydrogen-bond donors (Lipinski definition) is 2. The summed E-state index contributed by atoms with van der Waals surface area (Å²) in [6.45, 7) is -0.396. The highest BCUT2D eigenvalue weighted by Crippen LogP contribution is 2.02. The van der Waals surface area contributed by atoms with Crippen molar-refractivity contribution in [1.29, 1.82) is 0 Å². The number of aliphatic hydroxyl groups is 1. The van der Waals surface area contributed by atoms with E-state index in [1.807, 2.05) is 0 Å². The van der Waals surface area contributed by atoms with Crippen LogP contribution in [-0.2, 0) is 4.79 Å². The Balaban J connectivity index is 2.78. The number of amides is 1. The van der Waals surface area contributed by atoms with E-state index in [0.717, 1.165) is 0 Å². The second-order valence-electron chi connectivity index (χ2n) is 2.75. The Labute approximate surface area is 81.6 Å². The lowest BCUT2D eigenvalue weighted by Gasteiger charge is -2.11. The SMILES string of the molecule is O=CN[C@@H](CO)C(=O)c1ccccc1. The molecule has 2 N–H and O–H groups in total. The molecule has 0 heterocycles. The predicted molar refractivity (Wildman–Crippen MR) is 50.8 cm³/mol. The van der Waals surface area contributed by atoms with E-state index in [4.69, 9.17) is 5.11 Å². The average Bonchev–Trinajstić information content (AvgIpc) is 2.26. The highest BCUT2D eigenvalue weighted by Gasteiger charge is 2.17. The number of hydrogen-bond acceptors (Lipinski definition) is 3. The molecule has 0 bridgehead atoms. The molecule has 0 radical (unpaired) electrons. The van der Waals surface area contributed by atoms with Crippen LogP contribution in [0.5, 0.6) is 0 Å². The molecule has 1 aromatic rings. The Hall–Kier alpha value is -1.68. The molecule has 0 aliphatic rings. The quantitative estimate of drug-likeness (QED) is 0.510. The Kier molecular flexibility index (Phi) is 3.82. The molecular weight excluding hydrogens is 182 g/mol. The van der Waals surface area contributed by atoms with E-state index in [9.17, 15) is 9.59 Å². The molecule has 0 aromatic heterocycles. The summed E-state index contributed by atoms with van der Waals surface area (Å²) in [6.07, 6.45) is 0.404. The van der Waals surface area contributed by atoms with Gasteiger partial charge in [0.1, 0.15) is 6.04 Å². The van der Waals surface area contributed by atoms with E-state index in [-0.39, 0.29) is 5.78 Å². The van der Waals surface area contributed by atoms with E-state index >= 15 is 0 Å². The van der Waals surface area contributed by atoms with Crippen LogP contribution < -0.4 is 5.32 Å². The Morgan fingerprint density at radius 2 is 2.07 bits per heavy atom. The smallest absolute Gasteiger partial charge is 0.207 e. The van der Waals surface area contributed by atoms with Gasteiger partial charge in [0.15, 0.2) is 5.78 Å². The first-order valence-electron chi connectivity index (χ1n) is 4.19. The zero-order chi connectivity index (χ0) is 10.4. The first-order valence-corrected chi connectivity index (χ1v) is 4.19. The first kappa shape index (κ1) is 10.4. The molecule has 0 aliphatic heterocycles. The molecule has 74 valence electrons. The minimum absolute atomic E-state index is 0.291. The summed E-state index contributed by atoms with van der Waals surface area (Å²) >= 11 is 0. The summed E-state index contributed by atoms with van der Waals surface area (Å²) in [5, 5.41) is 11.1. The molecule has 0 aliphatic carbocycles. The largest absolute Gasteiger partial charge is 0.394 e. The third-order valence-corrected chi connectivity index (χ3v) is 1.83. The van der Waals surface area contributed by atoms with Crippen LogP contribution in [-0.4, -0.2) is 29.9 Å². The van der Waals surface area contributed by atoms with Gasteiger partial charge in [0.2, 0.25) is 6.41 Å². The molecule has 0 saturated carbocycles. The molecule has 1 amide bonds. The van der Waals surface area contributed by atoms with Crippen molar-refractivity contribution in [2.24, 2.45) is 0 Å². The lowest BCUT2D eigenvalue weighted by Crippen LogP contribution is -2.38. The molecule has 0 fully saturated rings. The number of carbonyl (C=O) groups is 2. The number of carbonyl (C=O) groups excluding carboxylic acids is 2. The van der Waals surface area contributed by atoms with Crippen LogP contribution in [0, 0.1) is 0 Å². The summed E-state index contributed by atoms with van der Waals surface area (Å²) < 4.78 is 0. The number of benzene rings is 1. The molecule has 1 rings (SSSR count). The van der Waals surface area contributed by atoms with Gasteiger partial charge in [0, 0.05) is 5.56 Å². The number of aliphatic hydroxyl groups excluding tert-OH is 1. The molecule has 1 atom stereocenters. The fourth-order valence-electron chi connectivity index (χ4n) is 1.10. The summed E-state index contributed by atoms with van der Waals surface area (Å²) in [4.78, 5) is 21.7. The Morgan fingerprint density at radius 1 is 1.43 bits per heavy atom. The van der Waals surface area contributed by atoms with Crippen molar-refractivity contribution in [3.8, 4) is 0 Å². The van der Waals surface area contributed by atoms with E-state index in [1.54, 1.807) is 30.3 Å². The van der Waals surface area contributed by atoms with E-state index in [1.165, 1.54) is 0 Å². The highest BCUT2D eigenvalue weighted by atomic mass is 16.3. The summed E-state index contributed by atoms with van der Waals surface area (Å²) in [5.74, 6) is -0.291. The Morgan fingerprint density at radius 3 is 2.57 bits per heavy atom. The summed E-state index contributed by atoms with van der Waals surface area (Å²) in [6, 6.07) is 7.66. The highest BCUT2D eigenvalue weighted by molar-refractivity contribution is 6.00. The van der Waals surface area contributed by atoms with Crippen molar-refractivity contribution < 1.29 is 14.7 Å². The van der Waals surface area contributed by atoms with Crippen LogP contribution >= 0.6 is 0 Å². The van der Waals surface area contributed by atoms with Gasteiger partial charge >= 0.3 is 0 Å². The molecule has 1 aromatic carbocycles. The van der Waals surface area contributed by atoms with Crippen LogP contribution in [0.25, 0.3) is 0 Å². The second kappa shape index (κ2) is 5.14. The third-order valence-electron chi connectivity index (χ3n) is 1.83. The number of Topliss-reactive ketones (excluding diaryl/α,β-unsaturated/α-hetero) is 1. The van der Waals surface area contributed by atoms with Gasteiger partial charge in [-0.1, -0.05) is 30.3 Å². The maximum absolute atomic E-state index is 11.6. The van der Waals surface area contributed by atoms with Gasteiger partial charge < -0.3 is 10.4 Å². The zero-order valence-corrected chi connectivity index (χ0v) is 7.51. The topological polar surface area (TPSA) is 66.4 Å². The Bertz CT molecular complexity index is 310. The molecule has 14 heavy (non-hydrogen) atoms. The minimum atomic E-state index is -0.852. The van der Waals surface area contributed by atoms with Crippen LogP contribution in [0.1, 0.15) is 10.4 Å². The molecule has 0 unspecified atom stereocenters. The fourth-order valence-corrected chi connectivity index (χ4v) is 1.10. The van der Waals surface area contributed by atoms with Gasteiger partial charge in [-0.25, -0.2) is 0 Å². The molecular formula is C10H11NO3. The van der Waals surface area contributed by atoms with E-state index in [2.05, 4.69) is 5.32 Å². The maximum Gasteiger partial charge on any atom is 0.207 e. The van der Waals surface area contributed by atoms with Crippen molar-refractivity contribution in [1.82, 2.24) is 5.32 Å². The standard InChI is InChI=1S/C10H11NO3/c12-6-9(11-7-13)10(14)8-4-2-1-3-5-8/h1-5,7,9,12H,6H2,(H,11,13)/t9-/m0/s1. The normalized spacial score (nSPS) is 11.8. The molecule has 4 nitrogen and oxygen atoms in total. The average molecular weight is 193 g/mol. The van der Waals surface area contributed by atoms with Crippen molar-refractivity contribution in [2.75, 3.05) is 6.61 Å². The maximum atomic E-state index is 11.6. The van der Waals surface area contributed by atoms with E-state index < -0.39 is 12.6 Å². The first-order chi connectivity index (χ1) is 6.79. The van der Waals surface area contributed by atoms with Crippen LogP contribution in [0.4, 0.5) is 0 Å². The number of nitrogens with one attached hydrogen (secondary N) is 1. The lowest BCUT2D eigenvalue weighted by atomic mass is 10.1. The van der Waals surface area contributed by atoms with Crippen molar-refractivity contribution in [2.45, 2.75) is 6.04 Å². The lowest BCUT2D eigenvalue weighted by molar-refractivity contribution is -0.110. The summed E-state index contributed by atoms with van der Waals surface area (Å²) in [5.41, 5.74) is 0.473. The van der Waals surface area contributed by atoms with Crippen molar-refractivity contribution in [3.63, 3.8) is 0 Å². The van der Waals surface area contributed by atoms with Crippen molar-refractivity contribution >= 4 is 12.2 Å². The van der Waals surface area contributed by atoms with E-state index in [0.29, 0.717) is 12.0 Å². The molecule has 0 saturated heterocycles. The number of ketones is 1. The fraction of sp³-hybridized carbons (Fsp3) is 0.200. The number of rotatable bonds is 5. The van der Waals surface area contributed by atoms with Gasteiger partial charge in [0.25, 0.3) is 0 Å². The molecule has 4 heteroatoms. The van der Waals surface area contributed by atoms with Crippen LogP contribution in [0.3, 0.4) is 0 Å². The predicted octanol–water partition coefficient (Wildman–Crippen LogP) is -0.0238. The second-order valence-corrected chi connectivity index (χ2v) is 2.75. The minimum Gasteiger partial charge on any atom is -0.394 e. The van der Waals surface area contributed by atoms with Crippen LogP contribution in [0.2, 0.25) is 0 Å². The van der Waals surface area contributed by atoms with Gasteiger partial charge in [-0.3, -0.25) is 9.59 Å². The third kappa shape index (κ3) is 2.40. The van der Waals surface area contributed by atoms with Gasteiger partial charge in [-0.2, -0.15) is 0 Å². The van der Waals surface area contributed by atoms with Gasteiger partial charge in [-0.05, 0) is 0 Å². The van der Waals surface area contributed by atoms with Crippen molar-refractivity contribution in [3.05, 3.63) is 35.9 Å². The van der Waals surface area contributed by atoms with Gasteiger partial charge in [0.05, 0.1) is 6.61 Å². The molecule has 0 spiro atoms. The monoisotopic (exact) mass is 193 g/mol.